The Morgan fingerprint density at radius 3 is 2.71 bits per heavy atom. The second-order valence-corrected chi connectivity index (χ2v) is 7.15. The lowest BCUT2D eigenvalue weighted by Crippen LogP contribution is -2.26. The monoisotopic (exact) mass is 331 g/mol. The molecule has 2 aromatic heterocycles. The molecule has 114 valence electrons. The Kier molecular flexibility index (Phi) is 4.25. The van der Waals surface area contributed by atoms with Crippen LogP contribution in [0.2, 0.25) is 0 Å². The van der Waals surface area contributed by atoms with Gasteiger partial charge >= 0.3 is 5.69 Å². The number of H-pyrrole nitrogens is 1. The van der Waals surface area contributed by atoms with E-state index in [-0.39, 0.29) is 14.9 Å². The number of nitrogens with one attached hydrogen (secondary N) is 3. The first kappa shape index (κ1) is 15.4. The van der Waals surface area contributed by atoms with Gasteiger partial charge in [-0.2, -0.15) is 5.10 Å². The Morgan fingerprint density at radius 2 is 2.24 bits per heavy atom. The smallest absolute Gasteiger partial charge is 0.304 e. The van der Waals surface area contributed by atoms with Crippen LogP contribution >= 0.6 is 11.3 Å². The molecule has 0 fully saturated rings. The molecule has 2 aromatic rings. The lowest BCUT2D eigenvalue weighted by Gasteiger charge is -2.10. The summed E-state index contributed by atoms with van der Waals surface area (Å²) in [6.45, 7) is 1.66. The summed E-state index contributed by atoms with van der Waals surface area (Å²) in [5, 5.41) is 20.0. The third-order valence-electron chi connectivity index (χ3n) is 2.73. The van der Waals surface area contributed by atoms with Crippen LogP contribution < -0.4 is 10.0 Å². The predicted molar refractivity (Wildman–Crippen MR) is 77.8 cm³/mol. The van der Waals surface area contributed by atoms with Gasteiger partial charge in [-0.15, -0.1) is 0 Å². The van der Waals surface area contributed by atoms with E-state index in [1.54, 1.807) is 13.1 Å². The van der Waals surface area contributed by atoms with E-state index in [1.165, 1.54) is 13.2 Å². The van der Waals surface area contributed by atoms with E-state index >= 15 is 0 Å². The largest absolute Gasteiger partial charge is 0.374 e. The number of thiophene rings is 1. The zero-order valence-corrected chi connectivity index (χ0v) is 12.8. The van der Waals surface area contributed by atoms with Gasteiger partial charge in [0, 0.05) is 30.9 Å². The Bertz CT molecular complexity index is 738. The molecule has 0 aliphatic heterocycles. The minimum Gasteiger partial charge on any atom is -0.374 e. The fourth-order valence-corrected chi connectivity index (χ4v) is 4.19. The van der Waals surface area contributed by atoms with E-state index in [9.17, 15) is 18.5 Å². The van der Waals surface area contributed by atoms with Gasteiger partial charge in [0.2, 0.25) is 0 Å². The highest BCUT2D eigenvalue weighted by atomic mass is 32.2. The quantitative estimate of drug-likeness (QED) is 0.542. The van der Waals surface area contributed by atoms with Gasteiger partial charge in [-0.3, -0.25) is 15.2 Å². The Balaban J connectivity index is 2.29. The van der Waals surface area contributed by atoms with Crippen molar-refractivity contribution >= 4 is 32.0 Å². The topological polar surface area (TPSA) is 130 Å². The molecule has 21 heavy (non-hydrogen) atoms. The molecule has 1 unspecified atom stereocenters. The first-order valence-corrected chi connectivity index (χ1v) is 8.12. The minimum absolute atomic E-state index is 0.117. The standard InChI is InChI=1S/C10H13N5O4S2/c1-6(7-4-12-13-5-7)14-21(18,19)9-3-8(15(16)17)10(11-2)20-9/h3-6,11,14H,1-2H3,(H,12,13). The van der Waals surface area contributed by atoms with Gasteiger partial charge < -0.3 is 5.32 Å². The third kappa shape index (κ3) is 3.20. The summed E-state index contributed by atoms with van der Waals surface area (Å²) in [5.41, 5.74) is 0.400. The molecule has 2 heterocycles. The Morgan fingerprint density at radius 1 is 1.52 bits per heavy atom. The molecule has 0 amide bonds. The Hall–Kier alpha value is -1.98. The molecular weight excluding hydrogens is 318 g/mol. The van der Waals surface area contributed by atoms with Crippen molar-refractivity contribution in [3.05, 3.63) is 34.1 Å². The first-order chi connectivity index (χ1) is 9.85. The maximum atomic E-state index is 12.3. The zero-order chi connectivity index (χ0) is 15.6. The van der Waals surface area contributed by atoms with Crippen LogP contribution in [-0.2, 0) is 10.0 Å². The van der Waals surface area contributed by atoms with Crippen LogP contribution in [0.4, 0.5) is 10.7 Å². The third-order valence-corrected chi connectivity index (χ3v) is 5.89. The number of nitrogens with zero attached hydrogens (tertiary/aromatic N) is 2. The van der Waals surface area contributed by atoms with Crippen LogP contribution in [0.3, 0.4) is 0 Å². The molecule has 0 saturated heterocycles. The van der Waals surface area contributed by atoms with Gasteiger partial charge in [0.15, 0.2) is 5.00 Å². The molecule has 1 atom stereocenters. The number of aromatic amines is 1. The van der Waals surface area contributed by atoms with Crippen molar-refractivity contribution in [2.24, 2.45) is 0 Å². The van der Waals surface area contributed by atoms with Crippen LogP contribution in [0, 0.1) is 10.1 Å². The van der Waals surface area contributed by atoms with Crippen molar-refractivity contribution in [1.29, 1.82) is 0 Å². The van der Waals surface area contributed by atoms with E-state index in [0.29, 0.717) is 5.56 Å². The van der Waals surface area contributed by atoms with Crippen LogP contribution in [0.5, 0.6) is 0 Å². The van der Waals surface area contributed by atoms with Crippen molar-refractivity contribution in [2.75, 3.05) is 12.4 Å². The fourth-order valence-electron chi connectivity index (χ4n) is 1.66. The summed E-state index contributed by atoms with van der Waals surface area (Å²) in [6, 6.07) is 0.536. The molecular formula is C10H13N5O4S2. The highest BCUT2D eigenvalue weighted by Gasteiger charge is 2.27. The summed E-state index contributed by atoms with van der Waals surface area (Å²) in [7, 11) is -2.35. The lowest BCUT2D eigenvalue weighted by atomic mass is 10.2. The molecule has 0 radical (unpaired) electrons. The summed E-state index contributed by atoms with van der Waals surface area (Å²) in [5.74, 6) is 0. The summed E-state index contributed by atoms with van der Waals surface area (Å²) < 4.78 is 26.9. The van der Waals surface area contributed by atoms with Crippen molar-refractivity contribution < 1.29 is 13.3 Å². The van der Waals surface area contributed by atoms with Crippen molar-refractivity contribution in [3.8, 4) is 0 Å². The van der Waals surface area contributed by atoms with Crippen LogP contribution in [0.15, 0.2) is 22.7 Å². The van der Waals surface area contributed by atoms with Crippen LogP contribution in [0.25, 0.3) is 0 Å². The number of rotatable bonds is 6. The summed E-state index contributed by atoms with van der Waals surface area (Å²) in [4.78, 5) is 10.3. The fraction of sp³-hybridized carbons (Fsp3) is 0.300. The van der Waals surface area contributed by atoms with Crippen molar-refractivity contribution in [2.45, 2.75) is 17.2 Å². The first-order valence-electron chi connectivity index (χ1n) is 5.82. The molecule has 11 heteroatoms. The highest BCUT2D eigenvalue weighted by Crippen LogP contribution is 2.36. The van der Waals surface area contributed by atoms with Crippen molar-refractivity contribution in [1.82, 2.24) is 14.9 Å². The maximum Gasteiger partial charge on any atom is 0.304 e. The predicted octanol–water partition coefficient (Wildman–Crippen LogP) is 1.46. The SMILES string of the molecule is CNc1sc(S(=O)(=O)NC(C)c2cn[nH]c2)cc1[N+](=O)[O-]. The number of aromatic nitrogens is 2. The molecule has 0 saturated carbocycles. The van der Waals surface area contributed by atoms with Gasteiger partial charge in [-0.25, -0.2) is 13.1 Å². The normalized spacial score (nSPS) is 13.0. The zero-order valence-electron chi connectivity index (χ0n) is 11.2. The van der Waals surface area contributed by atoms with E-state index in [4.69, 9.17) is 0 Å². The van der Waals surface area contributed by atoms with Gasteiger partial charge in [0.1, 0.15) is 4.21 Å². The number of anilines is 1. The Labute approximate surface area is 124 Å². The van der Waals surface area contributed by atoms with Gasteiger partial charge in [-0.1, -0.05) is 11.3 Å². The van der Waals surface area contributed by atoms with E-state index in [0.717, 1.165) is 17.4 Å². The summed E-state index contributed by atoms with van der Waals surface area (Å²) in [6.07, 6.45) is 3.08. The van der Waals surface area contributed by atoms with E-state index in [2.05, 4.69) is 20.2 Å². The molecule has 0 bridgehead atoms. The molecule has 0 spiro atoms. The second kappa shape index (κ2) is 5.79. The number of sulfonamides is 1. The number of hydrogen-bond acceptors (Lipinski definition) is 7. The second-order valence-electron chi connectivity index (χ2n) is 4.16. The summed E-state index contributed by atoms with van der Waals surface area (Å²) >= 11 is 0.807. The maximum absolute atomic E-state index is 12.3. The van der Waals surface area contributed by atoms with Gasteiger partial charge in [0.05, 0.1) is 11.1 Å². The molecule has 0 aromatic carbocycles. The molecule has 0 aliphatic carbocycles. The van der Waals surface area contributed by atoms with Crippen molar-refractivity contribution in [3.63, 3.8) is 0 Å². The highest BCUT2D eigenvalue weighted by molar-refractivity contribution is 7.91. The number of nitro groups is 1. The van der Waals surface area contributed by atoms with E-state index in [1.807, 2.05) is 0 Å². The molecule has 3 N–H and O–H groups in total. The molecule has 2 rings (SSSR count). The van der Waals surface area contributed by atoms with Gasteiger partial charge in [0.25, 0.3) is 10.0 Å². The molecule has 0 aliphatic rings. The van der Waals surface area contributed by atoms with Crippen LogP contribution in [0.1, 0.15) is 18.5 Å². The average molecular weight is 331 g/mol. The average Bonchev–Trinajstić information content (AvgIpc) is 3.07. The minimum atomic E-state index is -3.85. The number of hydrogen-bond donors (Lipinski definition) is 3. The molecule has 9 nitrogen and oxygen atoms in total. The van der Waals surface area contributed by atoms with E-state index < -0.39 is 21.0 Å². The lowest BCUT2D eigenvalue weighted by molar-refractivity contribution is -0.383. The van der Waals surface area contributed by atoms with Gasteiger partial charge in [-0.05, 0) is 6.92 Å². The van der Waals surface area contributed by atoms with Crippen LogP contribution in [-0.4, -0.2) is 30.6 Å².